The molecule has 1 N–H and O–H groups in total. The third-order valence-electron chi connectivity index (χ3n) is 4.47. The number of nitrogens with one attached hydrogen (secondary N) is 1. The molecule has 6 nitrogen and oxygen atoms in total. The summed E-state index contributed by atoms with van der Waals surface area (Å²) in [6.45, 7) is 4.28. The van der Waals surface area contributed by atoms with Crippen LogP contribution in [0.2, 0.25) is 0 Å². The predicted molar refractivity (Wildman–Crippen MR) is 104 cm³/mol. The Balaban J connectivity index is 1.67. The van der Waals surface area contributed by atoms with Gasteiger partial charge in [-0.2, -0.15) is 4.31 Å². The van der Waals surface area contributed by atoms with E-state index < -0.39 is 15.8 Å². The monoisotopic (exact) mass is 406 g/mol. The first-order valence-corrected chi connectivity index (χ1v) is 10.5. The number of hydrogen-bond donors (Lipinski definition) is 1. The first-order chi connectivity index (χ1) is 13.3. The molecule has 2 aromatic carbocycles. The highest BCUT2D eigenvalue weighted by molar-refractivity contribution is 7.89. The fourth-order valence-corrected chi connectivity index (χ4v) is 4.80. The van der Waals surface area contributed by atoms with Crippen LogP contribution in [0.5, 0.6) is 0 Å². The summed E-state index contributed by atoms with van der Waals surface area (Å²) < 4.78 is 46.3. The number of halogens is 1. The number of amides is 1. The van der Waals surface area contributed by atoms with Gasteiger partial charge in [0.15, 0.2) is 0 Å². The number of anilines is 1. The van der Waals surface area contributed by atoms with Crippen LogP contribution in [0.3, 0.4) is 0 Å². The molecule has 1 saturated heterocycles. The molecule has 1 aliphatic rings. The minimum atomic E-state index is -3.64. The van der Waals surface area contributed by atoms with Crippen LogP contribution in [0.4, 0.5) is 10.1 Å². The van der Waals surface area contributed by atoms with E-state index in [2.05, 4.69) is 5.32 Å². The highest BCUT2D eigenvalue weighted by Gasteiger charge is 2.32. The molecule has 1 heterocycles. The van der Waals surface area contributed by atoms with Crippen molar-refractivity contribution in [1.82, 2.24) is 4.31 Å². The molecule has 0 unspecified atom stereocenters. The highest BCUT2D eigenvalue weighted by atomic mass is 32.2. The molecule has 1 amide bonds. The summed E-state index contributed by atoms with van der Waals surface area (Å²) in [6, 6.07) is 12.0. The van der Waals surface area contributed by atoms with Crippen LogP contribution in [-0.4, -0.2) is 43.9 Å². The van der Waals surface area contributed by atoms with Gasteiger partial charge in [0.2, 0.25) is 15.9 Å². The van der Waals surface area contributed by atoms with Gasteiger partial charge in [0.25, 0.3) is 0 Å². The van der Waals surface area contributed by atoms with E-state index in [4.69, 9.17) is 4.74 Å². The van der Waals surface area contributed by atoms with Crippen LogP contribution >= 0.6 is 0 Å². The molecule has 8 heteroatoms. The lowest BCUT2D eigenvalue weighted by molar-refractivity contribution is -0.115. The summed E-state index contributed by atoms with van der Waals surface area (Å²) in [5.41, 5.74) is 0.749. The first-order valence-electron chi connectivity index (χ1n) is 9.04. The number of carbonyl (C=O) groups is 1. The largest absolute Gasteiger partial charge is 0.373 e. The summed E-state index contributed by atoms with van der Waals surface area (Å²) in [7, 11) is -3.64. The number of nitrogens with zero attached hydrogens (tertiary/aromatic N) is 1. The van der Waals surface area contributed by atoms with Crippen LogP contribution in [-0.2, 0) is 26.0 Å². The van der Waals surface area contributed by atoms with E-state index in [9.17, 15) is 17.6 Å². The lowest BCUT2D eigenvalue weighted by Gasteiger charge is -2.34. The van der Waals surface area contributed by atoms with E-state index in [1.165, 1.54) is 34.6 Å². The second-order valence-electron chi connectivity index (χ2n) is 6.92. The lowest BCUT2D eigenvalue weighted by Crippen LogP contribution is -2.48. The molecule has 1 aliphatic heterocycles. The molecule has 150 valence electrons. The number of morpholine rings is 1. The summed E-state index contributed by atoms with van der Waals surface area (Å²) in [5.74, 6) is -0.815. The van der Waals surface area contributed by atoms with Crippen molar-refractivity contribution in [2.45, 2.75) is 37.4 Å². The Hall–Kier alpha value is -2.29. The molecule has 0 aromatic heterocycles. The molecule has 28 heavy (non-hydrogen) atoms. The zero-order valence-electron chi connectivity index (χ0n) is 15.8. The molecule has 0 radical (unpaired) electrons. The Morgan fingerprint density at radius 1 is 1.11 bits per heavy atom. The van der Waals surface area contributed by atoms with Gasteiger partial charge < -0.3 is 10.1 Å². The van der Waals surface area contributed by atoms with E-state index >= 15 is 0 Å². The second kappa shape index (κ2) is 8.38. The van der Waals surface area contributed by atoms with Crippen molar-refractivity contribution >= 4 is 21.6 Å². The van der Waals surface area contributed by atoms with Crippen LogP contribution in [0.25, 0.3) is 0 Å². The van der Waals surface area contributed by atoms with E-state index in [0.717, 1.165) is 0 Å². The SMILES string of the molecule is C[C@@H]1CN(S(=O)(=O)c2ccc(NC(=O)Cc3ccccc3F)cc2)C[C@@H](C)O1. The summed E-state index contributed by atoms with van der Waals surface area (Å²) in [4.78, 5) is 12.3. The van der Waals surface area contributed by atoms with Gasteiger partial charge >= 0.3 is 0 Å². The predicted octanol–water partition coefficient (Wildman–Crippen LogP) is 2.80. The molecule has 0 spiro atoms. The van der Waals surface area contributed by atoms with Crippen LogP contribution in [0, 0.1) is 5.82 Å². The van der Waals surface area contributed by atoms with Crippen molar-refractivity contribution in [2.24, 2.45) is 0 Å². The molecule has 3 rings (SSSR count). The third kappa shape index (κ3) is 4.76. The van der Waals surface area contributed by atoms with Crippen molar-refractivity contribution in [2.75, 3.05) is 18.4 Å². The van der Waals surface area contributed by atoms with Gasteiger partial charge in [-0.15, -0.1) is 0 Å². The van der Waals surface area contributed by atoms with Crippen molar-refractivity contribution in [3.8, 4) is 0 Å². The molecule has 0 bridgehead atoms. The maximum atomic E-state index is 13.6. The van der Waals surface area contributed by atoms with Crippen molar-refractivity contribution < 1.29 is 22.3 Å². The number of benzene rings is 2. The van der Waals surface area contributed by atoms with Gasteiger partial charge in [-0.05, 0) is 49.7 Å². The van der Waals surface area contributed by atoms with Crippen molar-refractivity contribution in [3.63, 3.8) is 0 Å². The van der Waals surface area contributed by atoms with Gasteiger partial charge in [-0.25, -0.2) is 12.8 Å². The second-order valence-corrected chi connectivity index (χ2v) is 8.86. The zero-order valence-corrected chi connectivity index (χ0v) is 16.6. The van der Waals surface area contributed by atoms with Gasteiger partial charge in [0.1, 0.15) is 5.82 Å². The Kier molecular flexibility index (Phi) is 6.12. The Bertz CT molecular complexity index is 937. The average molecular weight is 406 g/mol. The number of hydrogen-bond acceptors (Lipinski definition) is 4. The minimum absolute atomic E-state index is 0.101. The van der Waals surface area contributed by atoms with E-state index in [1.54, 1.807) is 18.2 Å². The molecular weight excluding hydrogens is 383 g/mol. The number of ether oxygens (including phenoxy) is 1. The normalized spacial score (nSPS) is 20.7. The van der Waals surface area contributed by atoms with Gasteiger partial charge in [0.05, 0.1) is 23.5 Å². The van der Waals surface area contributed by atoms with Gasteiger partial charge in [-0.3, -0.25) is 4.79 Å². The topological polar surface area (TPSA) is 75.7 Å². The molecule has 0 aliphatic carbocycles. The smallest absolute Gasteiger partial charge is 0.243 e. The van der Waals surface area contributed by atoms with Crippen LogP contribution in [0.15, 0.2) is 53.4 Å². The van der Waals surface area contributed by atoms with Crippen LogP contribution in [0.1, 0.15) is 19.4 Å². The quantitative estimate of drug-likeness (QED) is 0.829. The Labute approximate surface area is 164 Å². The fourth-order valence-electron chi connectivity index (χ4n) is 3.21. The zero-order chi connectivity index (χ0) is 20.3. The van der Waals surface area contributed by atoms with E-state index in [1.807, 2.05) is 13.8 Å². The highest BCUT2D eigenvalue weighted by Crippen LogP contribution is 2.22. The van der Waals surface area contributed by atoms with E-state index in [0.29, 0.717) is 24.3 Å². The van der Waals surface area contributed by atoms with Gasteiger partial charge in [-0.1, -0.05) is 18.2 Å². The first kappa shape index (κ1) is 20.4. The van der Waals surface area contributed by atoms with Crippen LogP contribution < -0.4 is 5.32 Å². The lowest BCUT2D eigenvalue weighted by atomic mass is 10.1. The standard InChI is InChI=1S/C20H23FN2O4S/c1-14-12-23(13-15(2)27-14)28(25,26)18-9-7-17(8-10-18)22-20(24)11-16-5-3-4-6-19(16)21/h3-10,14-15H,11-13H2,1-2H3,(H,22,24)/t14-,15-/m1/s1. The third-order valence-corrected chi connectivity index (χ3v) is 6.32. The summed E-state index contributed by atoms with van der Waals surface area (Å²) in [5, 5.41) is 2.66. The van der Waals surface area contributed by atoms with Crippen molar-refractivity contribution in [3.05, 3.63) is 59.9 Å². The maximum Gasteiger partial charge on any atom is 0.243 e. The van der Waals surface area contributed by atoms with E-state index in [-0.39, 0.29) is 29.4 Å². The summed E-state index contributed by atoms with van der Waals surface area (Å²) in [6.07, 6.45) is -0.443. The maximum absolute atomic E-state index is 13.6. The average Bonchev–Trinajstić information content (AvgIpc) is 2.63. The fraction of sp³-hybridized carbons (Fsp3) is 0.350. The minimum Gasteiger partial charge on any atom is -0.373 e. The summed E-state index contributed by atoms with van der Waals surface area (Å²) >= 11 is 0. The Morgan fingerprint density at radius 3 is 2.32 bits per heavy atom. The van der Waals surface area contributed by atoms with Gasteiger partial charge in [0, 0.05) is 18.8 Å². The molecule has 2 aromatic rings. The molecule has 1 fully saturated rings. The van der Waals surface area contributed by atoms with Crippen molar-refractivity contribution in [1.29, 1.82) is 0 Å². The molecular formula is C20H23FN2O4S. The molecule has 0 saturated carbocycles. The number of carbonyl (C=O) groups excluding carboxylic acids is 1. The Morgan fingerprint density at radius 2 is 1.71 bits per heavy atom. The number of rotatable bonds is 5. The number of sulfonamides is 1. The molecule has 2 atom stereocenters.